The average Bonchev–Trinajstić information content (AvgIpc) is 3.14. The van der Waals surface area contributed by atoms with Gasteiger partial charge in [-0.15, -0.1) is 0 Å². The Bertz CT molecular complexity index is 851. The second kappa shape index (κ2) is 7.69. The van der Waals surface area contributed by atoms with E-state index in [4.69, 9.17) is 13.9 Å². The molecule has 9 nitrogen and oxygen atoms in total. The molecule has 2 aromatic heterocycles. The first-order valence-corrected chi connectivity index (χ1v) is 9.20. The van der Waals surface area contributed by atoms with Crippen LogP contribution in [0, 0.1) is 6.92 Å². The summed E-state index contributed by atoms with van der Waals surface area (Å²) in [6.45, 7) is 3.80. The van der Waals surface area contributed by atoms with Crippen molar-refractivity contribution >= 4 is 11.8 Å². The van der Waals surface area contributed by atoms with Gasteiger partial charge < -0.3 is 23.7 Å². The number of hydrogen-bond donors (Lipinski definition) is 0. The Morgan fingerprint density at radius 3 is 2.61 bits per heavy atom. The summed E-state index contributed by atoms with van der Waals surface area (Å²) in [5, 5.41) is 0. The molecule has 0 aliphatic carbocycles. The number of aromatic nitrogens is 2. The molecule has 2 amide bonds. The molecule has 0 aromatic carbocycles. The van der Waals surface area contributed by atoms with Crippen molar-refractivity contribution in [3.63, 3.8) is 0 Å². The van der Waals surface area contributed by atoms with Crippen molar-refractivity contribution in [2.75, 3.05) is 39.4 Å². The number of morpholine rings is 2. The Hall–Kier alpha value is -2.78. The molecule has 0 saturated carbocycles. The monoisotopic (exact) mass is 386 g/mol. The number of oxazole rings is 1. The number of ether oxygens (including phenoxy) is 2. The lowest BCUT2D eigenvalue weighted by atomic mass is 10.1. The predicted octanol–water partition coefficient (Wildman–Crippen LogP) is 0.648. The van der Waals surface area contributed by atoms with E-state index in [1.807, 2.05) is 12.1 Å². The van der Waals surface area contributed by atoms with E-state index < -0.39 is 5.79 Å². The van der Waals surface area contributed by atoms with Gasteiger partial charge in [-0.3, -0.25) is 14.6 Å². The summed E-state index contributed by atoms with van der Waals surface area (Å²) < 4.78 is 17.0. The number of carbonyl (C=O) groups is 2. The van der Waals surface area contributed by atoms with Crippen LogP contribution in [-0.4, -0.2) is 76.8 Å². The summed E-state index contributed by atoms with van der Waals surface area (Å²) >= 11 is 0. The molecule has 1 spiro atoms. The maximum absolute atomic E-state index is 12.8. The highest BCUT2D eigenvalue weighted by atomic mass is 16.7. The first kappa shape index (κ1) is 18.6. The lowest BCUT2D eigenvalue weighted by Gasteiger charge is -2.47. The van der Waals surface area contributed by atoms with Crippen LogP contribution in [0.5, 0.6) is 0 Å². The molecule has 4 rings (SSSR count). The third-order valence-corrected chi connectivity index (χ3v) is 4.97. The van der Waals surface area contributed by atoms with Crippen molar-refractivity contribution in [3.8, 4) is 0 Å². The van der Waals surface area contributed by atoms with Gasteiger partial charge in [0.15, 0.2) is 6.39 Å². The molecular weight excluding hydrogens is 364 g/mol. The van der Waals surface area contributed by atoms with E-state index >= 15 is 0 Å². The van der Waals surface area contributed by atoms with Gasteiger partial charge in [0.25, 0.3) is 5.91 Å². The van der Waals surface area contributed by atoms with E-state index in [0.29, 0.717) is 32.0 Å². The van der Waals surface area contributed by atoms with Gasteiger partial charge in [-0.1, -0.05) is 6.07 Å². The van der Waals surface area contributed by atoms with Crippen LogP contribution in [0.25, 0.3) is 0 Å². The Balaban J connectivity index is 1.44. The summed E-state index contributed by atoms with van der Waals surface area (Å²) in [4.78, 5) is 36.9. The summed E-state index contributed by atoms with van der Waals surface area (Å²) in [5.41, 5.74) is 1.40. The highest BCUT2D eigenvalue weighted by Gasteiger charge is 2.45. The van der Waals surface area contributed by atoms with Gasteiger partial charge in [-0.2, -0.15) is 0 Å². The van der Waals surface area contributed by atoms with Gasteiger partial charge in [0, 0.05) is 25.5 Å². The molecule has 9 heteroatoms. The molecule has 4 heterocycles. The van der Waals surface area contributed by atoms with E-state index in [2.05, 4.69) is 9.97 Å². The Morgan fingerprint density at radius 2 is 1.93 bits per heavy atom. The van der Waals surface area contributed by atoms with Crippen LogP contribution >= 0.6 is 0 Å². The molecule has 0 N–H and O–H groups in total. The van der Waals surface area contributed by atoms with Gasteiger partial charge in [-0.05, 0) is 18.6 Å². The first-order valence-electron chi connectivity index (χ1n) is 9.20. The van der Waals surface area contributed by atoms with E-state index in [0.717, 1.165) is 5.56 Å². The SMILES string of the molecule is Cc1ncoc1C(=O)N1CCOC2(CN(C(=O)Cc3cccnc3)CCO2)C1. The minimum absolute atomic E-state index is 0.0196. The molecule has 2 fully saturated rings. The van der Waals surface area contributed by atoms with Gasteiger partial charge in [-0.25, -0.2) is 4.98 Å². The van der Waals surface area contributed by atoms with Crippen molar-refractivity contribution in [1.82, 2.24) is 19.8 Å². The molecule has 2 aliphatic heterocycles. The quantitative estimate of drug-likeness (QED) is 0.764. The third-order valence-electron chi connectivity index (χ3n) is 4.97. The normalized spacial score (nSPS) is 22.5. The zero-order valence-corrected chi connectivity index (χ0v) is 15.7. The van der Waals surface area contributed by atoms with E-state index in [1.54, 1.807) is 29.1 Å². The zero-order valence-electron chi connectivity index (χ0n) is 15.7. The van der Waals surface area contributed by atoms with E-state index in [1.165, 1.54) is 6.39 Å². The van der Waals surface area contributed by atoms with Crippen LogP contribution in [0.1, 0.15) is 21.8 Å². The number of carbonyl (C=O) groups excluding carboxylic acids is 2. The van der Waals surface area contributed by atoms with Crippen molar-refractivity contribution < 1.29 is 23.5 Å². The van der Waals surface area contributed by atoms with Crippen LogP contribution in [0.3, 0.4) is 0 Å². The van der Waals surface area contributed by atoms with Gasteiger partial charge >= 0.3 is 0 Å². The van der Waals surface area contributed by atoms with Crippen molar-refractivity contribution in [3.05, 3.63) is 47.9 Å². The maximum atomic E-state index is 12.8. The Kier molecular flexibility index (Phi) is 5.10. The van der Waals surface area contributed by atoms with Crippen molar-refractivity contribution in [2.24, 2.45) is 0 Å². The molecule has 1 atom stereocenters. The number of amides is 2. The highest BCUT2D eigenvalue weighted by Crippen LogP contribution is 2.26. The van der Waals surface area contributed by atoms with Crippen LogP contribution in [-0.2, 0) is 20.7 Å². The largest absolute Gasteiger partial charge is 0.438 e. The van der Waals surface area contributed by atoms with Crippen molar-refractivity contribution in [1.29, 1.82) is 0 Å². The number of nitrogens with zero attached hydrogens (tertiary/aromatic N) is 4. The fourth-order valence-electron chi connectivity index (χ4n) is 3.52. The van der Waals surface area contributed by atoms with Crippen LogP contribution in [0.2, 0.25) is 0 Å². The average molecular weight is 386 g/mol. The topological polar surface area (TPSA) is 98.0 Å². The van der Waals surface area contributed by atoms with E-state index in [-0.39, 0.29) is 37.1 Å². The van der Waals surface area contributed by atoms with Gasteiger partial charge in [0.05, 0.1) is 38.4 Å². The lowest BCUT2D eigenvalue weighted by molar-refractivity contribution is -0.284. The number of pyridine rings is 1. The molecule has 2 saturated heterocycles. The fourth-order valence-corrected chi connectivity index (χ4v) is 3.52. The smallest absolute Gasteiger partial charge is 0.291 e. The van der Waals surface area contributed by atoms with Gasteiger partial charge in [0.2, 0.25) is 17.5 Å². The summed E-state index contributed by atoms with van der Waals surface area (Å²) in [6.07, 6.45) is 4.89. The molecule has 0 bridgehead atoms. The Labute approximate surface area is 162 Å². The molecule has 28 heavy (non-hydrogen) atoms. The number of rotatable bonds is 3. The van der Waals surface area contributed by atoms with Gasteiger partial charge in [0.1, 0.15) is 0 Å². The predicted molar refractivity (Wildman–Crippen MR) is 96.3 cm³/mol. The third kappa shape index (κ3) is 3.76. The van der Waals surface area contributed by atoms with Crippen LogP contribution in [0.15, 0.2) is 35.3 Å². The molecular formula is C19H22N4O5. The molecule has 1 unspecified atom stereocenters. The summed E-state index contributed by atoms with van der Waals surface area (Å²) in [7, 11) is 0. The molecule has 0 radical (unpaired) electrons. The molecule has 2 aliphatic rings. The molecule has 148 valence electrons. The molecule has 2 aromatic rings. The Morgan fingerprint density at radius 1 is 1.18 bits per heavy atom. The minimum Gasteiger partial charge on any atom is -0.438 e. The van der Waals surface area contributed by atoms with Crippen molar-refractivity contribution in [2.45, 2.75) is 19.1 Å². The fraction of sp³-hybridized carbons (Fsp3) is 0.474. The van der Waals surface area contributed by atoms with Crippen LogP contribution in [0.4, 0.5) is 0 Å². The highest BCUT2D eigenvalue weighted by molar-refractivity contribution is 5.92. The van der Waals surface area contributed by atoms with Crippen LogP contribution < -0.4 is 0 Å². The number of aryl methyl sites for hydroxylation is 1. The number of hydrogen-bond acceptors (Lipinski definition) is 7. The second-order valence-corrected chi connectivity index (χ2v) is 6.95. The second-order valence-electron chi connectivity index (χ2n) is 6.95. The summed E-state index contributed by atoms with van der Waals surface area (Å²) in [6, 6.07) is 3.68. The lowest BCUT2D eigenvalue weighted by Crippen LogP contribution is -2.63. The van der Waals surface area contributed by atoms with E-state index in [9.17, 15) is 9.59 Å². The first-order chi connectivity index (χ1) is 13.6. The maximum Gasteiger partial charge on any atom is 0.291 e. The standard InChI is InChI=1S/C19H22N4O5/c1-14-17(26-13-21-14)18(25)23-6-8-28-19(12-23)11-22(5-7-27-19)16(24)9-15-3-2-4-20-10-15/h2-4,10,13H,5-9,11-12H2,1H3. The minimum atomic E-state index is -1.02. The summed E-state index contributed by atoms with van der Waals surface area (Å²) in [5.74, 6) is -1.07. The zero-order chi connectivity index (χ0) is 19.6.